The van der Waals surface area contributed by atoms with Crippen molar-refractivity contribution in [3.8, 4) is 17.1 Å². The van der Waals surface area contributed by atoms with Crippen molar-refractivity contribution in [2.24, 2.45) is 5.92 Å². The van der Waals surface area contributed by atoms with Crippen LogP contribution >= 0.6 is 15.9 Å². The highest BCUT2D eigenvalue weighted by Gasteiger charge is 2.22. The predicted molar refractivity (Wildman–Crippen MR) is 124 cm³/mol. The fourth-order valence-corrected chi connectivity index (χ4v) is 4.22. The molecule has 0 bridgehead atoms. The van der Waals surface area contributed by atoms with Gasteiger partial charge in [0.25, 0.3) is 0 Å². The zero-order valence-corrected chi connectivity index (χ0v) is 18.7. The van der Waals surface area contributed by atoms with Crippen LogP contribution in [0.2, 0.25) is 0 Å². The molecule has 1 N–H and O–H groups in total. The molecule has 0 amide bonds. The third-order valence-electron chi connectivity index (χ3n) is 4.97. The number of benzene rings is 3. The number of carbonyl (C=O) groups excluding carboxylic acids is 1. The van der Waals surface area contributed by atoms with E-state index >= 15 is 0 Å². The Balaban J connectivity index is 1.83. The first-order valence-electron chi connectivity index (χ1n) is 9.96. The molecule has 1 heterocycles. The number of hydrogen-bond donors (Lipinski definition) is 1. The topological polar surface area (TPSA) is 76.7 Å². The minimum atomic E-state index is -1.03. The lowest BCUT2D eigenvalue weighted by molar-refractivity contribution is -0.139. The zero-order valence-electron chi connectivity index (χ0n) is 17.1. The number of ketones is 1. The highest BCUT2D eigenvalue weighted by Crippen LogP contribution is 2.38. The first-order valence-corrected chi connectivity index (χ1v) is 10.8. The molecule has 0 saturated heterocycles. The minimum absolute atomic E-state index is 0.0616. The summed E-state index contributed by atoms with van der Waals surface area (Å²) in [6, 6.07) is 16.9. The number of carboxylic acids is 1. The summed E-state index contributed by atoms with van der Waals surface area (Å²) in [5.41, 5.74) is 2.10. The molecule has 0 atom stereocenters. The van der Waals surface area contributed by atoms with Crippen LogP contribution in [0, 0.1) is 5.92 Å². The molecular weight excluding hydrogens is 460 g/mol. The monoisotopic (exact) mass is 480 g/mol. The first-order chi connectivity index (χ1) is 14.8. The molecule has 0 saturated carbocycles. The van der Waals surface area contributed by atoms with Gasteiger partial charge in [0, 0.05) is 21.8 Å². The molecule has 3 aromatic carbocycles. The van der Waals surface area contributed by atoms with Gasteiger partial charge in [-0.15, -0.1) is 0 Å². The Morgan fingerprint density at radius 2 is 1.84 bits per heavy atom. The lowest BCUT2D eigenvalue weighted by Gasteiger charge is -2.09. The second-order valence-corrected chi connectivity index (χ2v) is 8.70. The van der Waals surface area contributed by atoms with Crippen LogP contribution < -0.4 is 4.74 Å². The number of para-hydroxylation sites is 1. The van der Waals surface area contributed by atoms with Crippen molar-refractivity contribution in [3.05, 3.63) is 64.6 Å². The molecule has 0 aliphatic rings. The van der Waals surface area contributed by atoms with Crippen molar-refractivity contribution >= 4 is 49.4 Å². The van der Waals surface area contributed by atoms with Crippen LogP contribution in [0.25, 0.3) is 33.1 Å². The molecule has 0 aliphatic heterocycles. The standard InChI is InChI=1S/C25H21BrO5/c1-14(2)9-21(27)24-18-5-3-4-6-22(18)31-25(24)16-8-7-15-10-17(30-13-23(28)29)12-20(26)19(15)11-16/h3-8,10-12,14H,9,13H2,1-2H3,(H,28,29). The molecule has 0 unspecified atom stereocenters. The van der Waals surface area contributed by atoms with Gasteiger partial charge in [-0.05, 0) is 41.0 Å². The second-order valence-electron chi connectivity index (χ2n) is 7.85. The maximum atomic E-state index is 13.1. The number of carboxylic acid groups (broad SMARTS) is 1. The van der Waals surface area contributed by atoms with Gasteiger partial charge < -0.3 is 14.3 Å². The molecule has 4 aromatic rings. The smallest absolute Gasteiger partial charge is 0.341 e. The van der Waals surface area contributed by atoms with Crippen molar-refractivity contribution in [2.75, 3.05) is 6.61 Å². The molecule has 158 valence electrons. The van der Waals surface area contributed by atoms with Gasteiger partial charge in [-0.1, -0.05) is 60.1 Å². The maximum absolute atomic E-state index is 13.1. The van der Waals surface area contributed by atoms with Crippen LogP contribution in [0.5, 0.6) is 5.75 Å². The van der Waals surface area contributed by atoms with Crippen molar-refractivity contribution in [3.63, 3.8) is 0 Å². The molecule has 0 fully saturated rings. The molecule has 0 spiro atoms. The maximum Gasteiger partial charge on any atom is 0.341 e. The van der Waals surface area contributed by atoms with E-state index in [2.05, 4.69) is 15.9 Å². The molecular formula is C25H21BrO5. The van der Waals surface area contributed by atoms with Crippen LogP contribution in [0.15, 0.2) is 63.5 Å². The number of Topliss-reactive ketones (excluding diaryl/α,β-unsaturated/α-hetero) is 1. The number of hydrogen-bond acceptors (Lipinski definition) is 4. The van der Waals surface area contributed by atoms with Gasteiger partial charge in [0.15, 0.2) is 12.4 Å². The van der Waals surface area contributed by atoms with Crippen molar-refractivity contribution in [1.29, 1.82) is 0 Å². The molecule has 5 nitrogen and oxygen atoms in total. The van der Waals surface area contributed by atoms with Gasteiger partial charge in [-0.25, -0.2) is 4.79 Å². The second kappa shape index (κ2) is 8.55. The lowest BCUT2D eigenvalue weighted by atomic mass is 9.95. The lowest BCUT2D eigenvalue weighted by Crippen LogP contribution is -2.09. The van der Waals surface area contributed by atoms with E-state index in [-0.39, 0.29) is 11.7 Å². The minimum Gasteiger partial charge on any atom is -0.482 e. The van der Waals surface area contributed by atoms with E-state index in [0.29, 0.717) is 29.1 Å². The average molecular weight is 481 g/mol. The van der Waals surface area contributed by atoms with Gasteiger partial charge in [-0.2, -0.15) is 0 Å². The Kier molecular flexibility index (Phi) is 5.83. The molecule has 31 heavy (non-hydrogen) atoms. The summed E-state index contributed by atoms with van der Waals surface area (Å²) in [6.07, 6.45) is 0.443. The summed E-state index contributed by atoms with van der Waals surface area (Å²) < 4.78 is 12.2. The summed E-state index contributed by atoms with van der Waals surface area (Å²) in [4.78, 5) is 23.9. The number of carbonyl (C=O) groups is 2. The van der Waals surface area contributed by atoms with Crippen molar-refractivity contribution < 1.29 is 23.8 Å². The summed E-state index contributed by atoms with van der Waals surface area (Å²) in [7, 11) is 0. The highest BCUT2D eigenvalue weighted by molar-refractivity contribution is 9.10. The fourth-order valence-electron chi connectivity index (χ4n) is 3.65. The van der Waals surface area contributed by atoms with Crippen LogP contribution in [-0.2, 0) is 4.79 Å². The number of furan rings is 1. The third kappa shape index (κ3) is 4.35. The van der Waals surface area contributed by atoms with E-state index in [4.69, 9.17) is 14.3 Å². The SMILES string of the molecule is CC(C)CC(=O)c1c(-c2ccc3cc(OCC(=O)O)cc(Br)c3c2)oc2ccccc12. The van der Waals surface area contributed by atoms with Gasteiger partial charge in [0.05, 0.1) is 5.56 Å². The summed E-state index contributed by atoms with van der Waals surface area (Å²) >= 11 is 3.55. The Morgan fingerprint density at radius 1 is 1.06 bits per heavy atom. The zero-order chi connectivity index (χ0) is 22.1. The number of fused-ring (bicyclic) bond motifs is 2. The van der Waals surface area contributed by atoms with E-state index < -0.39 is 12.6 Å². The summed E-state index contributed by atoms with van der Waals surface area (Å²) in [5, 5.41) is 11.4. The first kappa shape index (κ1) is 21.1. The Morgan fingerprint density at radius 3 is 2.58 bits per heavy atom. The van der Waals surface area contributed by atoms with E-state index in [1.165, 1.54) is 0 Å². The van der Waals surface area contributed by atoms with Crippen molar-refractivity contribution in [2.45, 2.75) is 20.3 Å². The van der Waals surface area contributed by atoms with Gasteiger partial charge >= 0.3 is 5.97 Å². The summed E-state index contributed by atoms with van der Waals surface area (Å²) in [6.45, 7) is 3.64. The Hall–Kier alpha value is -3.12. The Labute approximate surface area is 187 Å². The van der Waals surface area contributed by atoms with Crippen LogP contribution in [0.3, 0.4) is 0 Å². The van der Waals surface area contributed by atoms with E-state index in [9.17, 15) is 9.59 Å². The molecule has 4 rings (SSSR count). The van der Waals surface area contributed by atoms with Gasteiger partial charge in [0.2, 0.25) is 0 Å². The highest BCUT2D eigenvalue weighted by atomic mass is 79.9. The van der Waals surface area contributed by atoms with E-state index in [1.54, 1.807) is 12.1 Å². The number of halogens is 1. The number of ether oxygens (including phenoxy) is 1. The normalized spacial score (nSPS) is 11.4. The predicted octanol–water partition coefficient (Wildman–Crippen LogP) is 6.71. The van der Waals surface area contributed by atoms with Crippen molar-refractivity contribution in [1.82, 2.24) is 0 Å². The Bertz CT molecular complexity index is 1300. The molecule has 6 heteroatoms. The summed E-state index contributed by atoms with van der Waals surface area (Å²) in [5.74, 6) is 0.295. The molecule has 1 aromatic heterocycles. The van der Waals surface area contributed by atoms with Gasteiger partial charge in [-0.3, -0.25) is 4.79 Å². The number of rotatable bonds is 7. The van der Waals surface area contributed by atoms with Crippen LogP contribution in [0.4, 0.5) is 0 Å². The van der Waals surface area contributed by atoms with Crippen LogP contribution in [0.1, 0.15) is 30.6 Å². The fraction of sp³-hybridized carbons (Fsp3) is 0.200. The third-order valence-corrected chi connectivity index (χ3v) is 5.63. The largest absolute Gasteiger partial charge is 0.482 e. The van der Waals surface area contributed by atoms with Crippen LogP contribution in [-0.4, -0.2) is 23.5 Å². The molecule has 0 aliphatic carbocycles. The van der Waals surface area contributed by atoms with E-state index in [1.807, 2.05) is 56.3 Å². The average Bonchev–Trinajstić information content (AvgIpc) is 3.11. The number of aliphatic carboxylic acids is 1. The van der Waals surface area contributed by atoms with Gasteiger partial charge in [0.1, 0.15) is 17.1 Å². The molecule has 0 radical (unpaired) electrons. The quantitative estimate of drug-likeness (QED) is 0.297. The van der Waals surface area contributed by atoms with E-state index in [0.717, 1.165) is 26.2 Å².